The number of nitrogens with zero attached hydrogens (tertiary/aromatic N) is 1. The molecule has 17 heavy (non-hydrogen) atoms. The second kappa shape index (κ2) is 6.47. The van der Waals surface area contributed by atoms with E-state index in [4.69, 9.17) is 4.74 Å². The van der Waals surface area contributed by atoms with Gasteiger partial charge in [-0.1, -0.05) is 6.92 Å². The summed E-state index contributed by atoms with van der Waals surface area (Å²) in [5, 5.41) is 6.97. The number of nitrogens with one attached hydrogen (secondary N) is 1. The van der Waals surface area contributed by atoms with Crippen LogP contribution in [0.2, 0.25) is 0 Å². The second-order valence-corrected chi connectivity index (χ2v) is 5.64. The van der Waals surface area contributed by atoms with E-state index in [2.05, 4.69) is 29.5 Å². The first kappa shape index (κ1) is 13.0. The third-order valence-electron chi connectivity index (χ3n) is 3.13. The van der Waals surface area contributed by atoms with E-state index in [-0.39, 0.29) is 0 Å². The second-order valence-electron chi connectivity index (χ2n) is 4.70. The van der Waals surface area contributed by atoms with E-state index < -0.39 is 0 Å². The molecule has 1 N–H and O–H groups in total. The molecule has 0 spiro atoms. The summed E-state index contributed by atoms with van der Waals surface area (Å²) < 4.78 is 5.81. The summed E-state index contributed by atoms with van der Waals surface area (Å²) in [4.78, 5) is 4.55. The van der Waals surface area contributed by atoms with Gasteiger partial charge < -0.3 is 10.1 Å². The van der Waals surface area contributed by atoms with Crippen LogP contribution in [-0.2, 0) is 11.2 Å². The Balaban J connectivity index is 1.94. The summed E-state index contributed by atoms with van der Waals surface area (Å²) in [5.41, 5.74) is 1.13. The normalized spacial score (nSPS) is 21.9. The molecule has 0 aromatic carbocycles. The molecule has 0 amide bonds. The minimum atomic E-state index is 0.380. The number of aromatic nitrogens is 1. The van der Waals surface area contributed by atoms with Gasteiger partial charge in [-0.05, 0) is 32.7 Å². The highest BCUT2D eigenvalue weighted by atomic mass is 32.1. The van der Waals surface area contributed by atoms with E-state index in [0.717, 1.165) is 25.3 Å². The van der Waals surface area contributed by atoms with Gasteiger partial charge in [0.15, 0.2) is 0 Å². The van der Waals surface area contributed by atoms with Crippen molar-refractivity contribution in [2.45, 2.75) is 51.7 Å². The van der Waals surface area contributed by atoms with Crippen molar-refractivity contribution in [1.29, 1.82) is 0 Å². The highest BCUT2D eigenvalue weighted by Gasteiger charge is 2.26. The molecule has 1 aliphatic heterocycles. The number of rotatable bonds is 6. The Bertz CT molecular complexity index is 334. The van der Waals surface area contributed by atoms with E-state index in [1.54, 1.807) is 11.3 Å². The predicted octanol–water partition coefficient (Wildman–Crippen LogP) is 2.54. The number of hydrogen-bond donors (Lipinski definition) is 1. The van der Waals surface area contributed by atoms with E-state index in [1.807, 2.05) is 0 Å². The number of hydrogen-bond acceptors (Lipinski definition) is 4. The van der Waals surface area contributed by atoms with Crippen molar-refractivity contribution in [3.63, 3.8) is 0 Å². The molecular weight excluding hydrogens is 232 g/mol. The van der Waals surface area contributed by atoms with E-state index in [1.165, 1.54) is 24.3 Å². The maximum atomic E-state index is 5.81. The topological polar surface area (TPSA) is 34.2 Å². The van der Waals surface area contributed by atoms with Crippen molar-refractivity contribution in [2.75, 3.05) is 13.2 Å². The third kappa shape index (κ3) is 3.76. The molecule has 4 heteroatoms. The van der Waals surface area contributed by atoms with Crippen molar-refractivity contribution >= 4 is 11.3 Å². The van der Waals surface area contributed by atoms with Crippen LogP contribution in [0.15, 0.2) is 5.38 Å². The van der Waals surface area contributed by atoms with Crippen LogP contribution in [0.25, 0.3) is 0 Å². The molecule has 0 aliphatic carbocycles. The summed E-state index contributed by atoms with van der Waals surface area (Å²) >= 11 is 1.76. The summed E-state index contributed by atoms with van der Waals surface area (Å²) in [6.07, 6.45) is 4.94. The van der Waals surface area contributed by atoms with Gasteiger partial charge in [-0.2, -0.15) is 0 Å². The zero-order valence-corrected chi connectivity index (χ0v) is 11.6. The maximum absolute atomic E-state index is 5.81. The standard InChI is InChI=1S/C13H22N2OS/c1-3-6-14-11(12-5-4-7-16-12)8-13-15-10(2)9-17-13/h9,11-12,14H,3-8H2,1-2H3. The first-order chi connectivity index (χ1) is 8.29. The Morgan fingerprint density at radius 1 is 1.65 bits per heavy atom. The van der Waals surface area contributed by atoms with Crippen LogP contribution >= 0.6 is 11.3 Å². The lowest BCUT2D eigenvalue weighted by Gasteiger charge is -2.23. The molecule has 1 fully saturated rings. The molecule has 2 rings (SSSR count). The van der Waals surface area contributed by atoms with Crippen LogP contribution < -0.4 is 5.32 Å². The number of aryl methyl sites for hydroxylation is 1. The van der Waals surface area contributed by atoms with Gasteiger partial charge in [-0.25, -0.2) is 4.98 Å². The molecular formula is C13H22N2OS. The van der Waals surface area contributed by atoms with Crippen LogP contribution in [-0.4, -0.2) is 30.3 Å². The van der Waals surface area contributed by atoms with Gasteiger partial charge in [0.2, 0.25) is 0 Å². The number of ether oxygens (including phenoxy) is 1. The van der Waals surface area contributed by atoms with Crippen molar-refractivity contribution in [3.05, 3.63) is 16.1 Å². The minimum Gasteiger partial charge on any atom is -0.377 e. The van der Waals surface area contributed by atoms with Crippen LogP contribution in [0.1, 0.15) is 36.9 Å². The Morgan fingerprint density at radius 2 is 2.53 bits per heavy atom. The van der Waals surface area contributed by atoms with Crippen LogP contribution in [0.3, 0.4) is 0 Å². The summed E-state index contributed by atoms with van der Waals surface area (Å²) in [5.74, 6) is 0. The summed E-state index contributed by atoms with van der Waals surface area (Å²) in [6.45, 7) is 6.24. The molecule has 2 heterocycles. The van der Waals surface area contributed by atoms with Gasteiger partial charge in [0.25, 0.3) is 0 Å². The lowest BCUT2D eigenvalue weighted by Crippen LogP contribution is -2.41. The fourth-order valence-electron chi connectivity index (χ4n) is 2.27. The van der Waals surface area contributed by atoms with Gasteiger partial charge in [0.1, 0.15) is 0 Å². The van der Waals surface area contributed by atoms with Crippen LogP contribution in [0, 0.1) is 6.92 Å². The summed E-state index contributed by atoms with van der Waals surface area (Å²) in [6, 6.07) is 0.433. The van der Waals surface area contributed by atoms with Gasteiger partial charge in [-0.15, -0.1) is 11.3 Å². The molecule has 0 radical (unpaired) electrons. The van der Waals surface area contributed by atoms with Crippen LogP contribution in [0.5, 0.6) is 0 Å². The van der Waals surface area contributed by atoms with Gasteiger partial charge in [0, 0.05) is 30.1 Å². The Morgan fingerprint density at radius 3 is 3.12 bits per heavy atom. The van der Waals surface area contributed by atoms with Crippen molar-refractivity contribution in [3.8, 4) is 0 Å². The predicted molar refractivity (Wildman–Crippen MR) is 71.6 cm³/mol. The molecule has 96 valence electrons. The van der Waals surface area contributed by atoms with E-state index in [9.17, 15) is 0 Å². The van der Waals surface area contributed by atoms with Crippen molar-refractivity contribution in [2.24, 2.45) is 0 Å². The molecule has 0 bridgehead atoms. The minimum absolute atomic E-state index is 0.380. The molecule has 1 aromatic heterocycles. The monoisotopic (exact) mass is 254 g/mol. The largest absolute Gasteiger partial charge is 0.377 e. The average molecular weight is 254 g/mol. The molecule has 0 saturated carbocycles. The number of thiazole rings is 1. The quantitative estimate of drug-likeness (QED) is 0.847. The average Bonchev–Trinajstić information content (AvgIpc) is 2.95. The highest BCUT2D eigenvalue weighted by molar-refractivity contribution is 7.09. The lowest BCUT2D eigenvalue weighted by molar-refractivity contribution is 0.0784. The zero-order valence-electron chi connectivity index (χ0n) is 10.7. The van der Waals surface area contributed by atoms with Crippen molar-refractivity contribution < 1.29 is 4.74 Å². The first-order valence-electron chi connectivity index (χ1n) is 6.55. The summed E-state index contributed by atoms with van der Waals surface area (Å²) in [7, 11) is 0. The Labute approximate surface area is 108 Å². The van der Waals surface area contributed by atoms with Gasteiger partial charge in [0.05, 0.1) is 11.1 Å². The van der Waals surface area contributed by atoms with Gasteiger partial charge in [-0.3, -0.25) is 0 Å². The smallest absolute Gasteiger partial charge is 0.0944 e. The maximum Gasteiger partial charge on any atom is 0.0944 e. The van der Waals surface area contributed by atoms with E-state index in [0.29, 0.717) is 12.1 Å². The van der Waals surface area contributed by atoms with Crippen molar-refractivity contribution in [1.82, 2.24) is 10.3 Å². The molecule has 1 aliphatic rings. The molecule has 2 unspecified atom stereocenters. The fourth-order valence-corrected chi connectivity index (χ4v) is 3.10. The SMILES string of the molecule is CCCNC(Cc1nc(C)cs1)C1CCCO1. The van der Waals surface area contributed by atoms with E-state index >= 15 is 0 Å². The molecule has 1 saturated heterocycles. The van der Waals surface area contributed by atoms with Gasteiger partial charge >= 0.3 is 0 Å². The van der Waals surface area contributed by atoms with Crippen LogP contribution in [0.4, 0.5) is 0 Å². The lowest BCUT2D eigenvalue weighted by atomic mass is 10.0. The molecule has 3 nitrogen and oxygen atoms in total. The zero-order chi connectivity index (χ0) is 12.1. The Hall–Kier alpha value is -0.450. The molecule has 2 atom stereocenters. The Kier molecular flexibility index (Phi) is 4.95. The molecule has 1 aromatic rings. The third-order valence-corrected chi connectivity index (χ3v) is 4.12. The first-order valence-corrected chi connectivity index (χ1v) is 7.43. The fraction of sp³-hybridized carbons (Fsp3) is 0.769. The highest BCUT2D eigenvalue weighted by Crippen LogP contribution is 2.20.